The molecule has 0 saturated carbocycles. The fourth-order valence-corrected chi connectivity index (χ4v) is 2.85. The molecule has 0 amide bonds. The summed E-state index contributed by atoms with van der Waals surface area (Å²) in [4.78, 5) is 11.4. The van der Waals surface area contributed by atoms with Gasteiger partial charge in [-0.15, -0.1) is 0 Å². The highest BCUT2D eigenvalue weighted by Gasteiger charge is 2.30. The molecule has 0 bridgehead atoms. The van der Waals surface area contributed by atoms with Gasteiger partial charge in [-0.25, -0.2) is 0 Å². The Hall–Kier alpha value is -1.67. The molecule has 0 spiro atoms. The SMILES string of the molecule is O=CC1=C(c2ccccc2)CC1c1ccc(Br)cc1. The van der Waals surface area contributed by atoms with E-state index in [1.165, 1.54) is 11.1 Å². The number of hydrogen-bond donors (Lipinski definition) is 0. The summed E-state index contributed by atoms with van der Waals surface area (Å²) in [6.45, 7) is 0. The number of aldehydes is 1. The monoisotopic (exact) mass is 312 g/mol. The zero-order valence-electron chi connectivity index (χ0n) is 10.3. The van der Waals surface area contributed by atoms with Gasteiger partial charge in [0.15, 0.2) is 0 Å². The average molecular weight is 313 g/mol. The van der Waals surface area contributed by atoms with Gasteiger partial charge in [0, 0.05) is 16.0 Å². The van der Waals surface area contributed by atoms with Gasteiger partial charge in [0.25, 0.3) is 0 Å². The Labute approximate surface area is 121 Å². The maximum Gasteiger partial charge on any atom is 0.146 e. The summed E-state index contributed by atoms with van der Waals surface area (Å²) >= 11 is 3.43. The van der Waals surface area contributed by atoms with Crippen molar-refractivity contribution >= 4 is 27.8 Å². The molecular formula is C17H13BrO. The third-order valence-corrected chi connectivity index (χ3v) is 4.18. The standard InChI is InChI=1S/C17H13BrO/c18-14-8-6-13(7-9-14)16-10-15(17(16)11-19)12-4-2-1-3-5-12/h1-9,11,16H,10H2. The van der Waals surface area contributed by atoms with Gasteiger partial charge >= 0.3 is 0 Å². The molecule has 2 aromatic carbocycles. The van der Waals surface area contributed by atoms with Crippen LogP contribution in [-0.4, -0.2) is 6.29 Å². The van der Waals surface area contributed by atoms with E-state index in [0.29, 0.717) is 0 Å². The van der Waals surface area contributed by atoms with Crippen LogP contribution >= 0.6 is 15.9 Å². The number of hydrogen-bond acceptors (Lipinski definition) is 1. The summed E-state index contributed by atoms with van der Waals surface area (Å²) in [5.41, 5.74) is 4.49. The summed E-state index contributed by atoms with van der Waals surface area (Å²) in [5, 5.41) is 0. The van der Waals surface area contributed by atoms with Crippen molar-refractivity contribution in [3.05, 3.63) is 75.8 Å². The van der Waals surface area contributed by atoms with Crippen LogP contribution in [0.15, 0.2) is 64.6 Å². The second kappa shape index (κ2) is 5.14. The van der Waals surface area contributed by atoms with Gasteiger partial charge in [-0.2, -0.15) is 0 Å². The molecule has 1 unspecified atom stereocenters. The number of allylic oxidation sites excluding steroid dienone is 2. The van der Waals surface area contributed by atoms with Crippen molar-refractivity contribution in [2.45, 2.75) is 12.3 Å². The molecule has 0 heterocycles. The second-order valence-corrected chi connectivity index (χ2v) is 5.64. The quantitative estimate of drug-likeness (QED) is 0.758. The number of carbonyl (C=O) groups excluding carboxylic acids is 1. The summed E-state index contributed by atoms with van der Waals surface area (Å²) in [6.07, 6.45) is 1.96. The molecule has 1 nitrogen and oxygen atoms in total. The molecule has 1 aliphatic carbocycles. The average Bonchev–Trinajstić information content (AvgIpc) is 2.42. The van der Waals surface area contributed by atoms with Gasteiger partial charge in [0.2, 0.25) is 0 Å². The van der Waals surface area contributed by atoms with Crippen molar-refractivity contribution in [3.8, 4) is 0 Å². The molecule has 0 saturated heterocycles. The van der Waals surface area contributed by atoms with Crippen LogP contribution < -0.4 is 0 Å². The van der Waals surface area contributed by atoms with Crippen molar-refractivity contribution in [1.82, 2.24) is 0 Å². The van der Waals surface area contributed by atoms with Crippen LogP contribution in [0.25, 0.3) is 5.57 Å². The Balaban J connectivity index is 1.95. The molecule has 0 fully saturated rings. The van der Waals surface area contributed by atoms with Crippen LogP contribution in [0.1, 0.15) is 23.5 Å². The molecular weight excluding hydrogens is 300 g/mol. The lowest BCUT2D eigenvalue weighted by Gasteiger charge is -2.31. The molecule has 19 heavy (non-hydrogen) atoms. The Bertz CT molecular complexity index is 626. The van der Waals surface area contributed by atoms with E-state index in [1.54, 1.807) is 0 Å². The van der Waals surface area contributed by atoms with Crippen LogP contribution in [0.3, 0.4) is 0 Å². The maximum absolute atomic E-state index is 11.4. The van der Waals surface area contributed by atoms with Crippen LogP contribution in [0, 0.1) is 0 Å². The third kappa shape index (κ3) is 2.28. The van der Waals surface area contributed by atoms with Crippen LogP contribution in [0.4, 0.5) is 0 Å². The van der Waals surface area contributed by atoms with Gasteiger partial charge < -0.3 is 0 Å². The first-order valence-corrected chi connectivity index (χ1v) is 7.08. The van der Waals surface area contributed by atoms with E-state index in [9.17, 15) is 4.79 Å². The number of rotatable bonds is 3. The van der Waals surface area contributed by atoms with Gasteiger partial charge in [0.05, 0.1) is 0 Å². The summed E-state index contributed by atoms with van der Waals surface area (Å²) in [6, 6.07) is 18.4. The normalized spacial score (nSPS) is 18.1. The first-order chi connectivity index (χ1) is 9.29. The summed E-state index contributed by atoms with van der Waals surface area (Å²) < 4.78 is 1.07. The van der Waals surface area contributed by atoms with Crippen molar-refractivity contribution in [2.75, 3.05) is 0 Å². The first kappa shape index (κ1) is 12.4. The van der Waals surface area contributed by atoms with Crippen LogP contribution in [0.2, 0.25) is 0 Å². The first-order valence-electron chi connectivity index (χ1n) is 6.28. The predicted molar refractivity (Wildman–Crippen MR) is 80.9 cm³/mol. The fourth-order valence-electron chi connectivity index (χ4n) is 2.58. The van der Waals surface area contributed by atoms with E-state index >= 15 is 0 Å². The van der Waals surface area contributed by atoms with Crippen molar-refractivity contribution in [1.29, 1.82) is 0 Å². The fraction of sp³-hybridized carbons (Fsp3) is 0.118. The molecule has 0 N–H and O–H groups in total. The molecule has 94 valence electrons. The largest absolute Gasteiger partial charge is 0.298 e. The highest BCUT2D eigenvalue weighted by Crippen LogP contribution is 2.46. The Morgan fingerprint density at radius 3 is 2.32 bits per heavy atom. The summed E-state index contributed by atoms with van der Waals surface area (Å²) in [7, 11) is 0. The van der Waals surface area contributed by atoms with Gasteiger partial charge in [0.1, 0.15) is 6.29 Å². The number of halogens is 1. The highest BCUT2D eigenvalue weighted by molar-refractivity contribution is 9.10. The molecule has 1 atom stereocenters. The van der Waals surface area contributed by atoms with E-state index in [4.69, 9.17) is 0 Å². The minimum Gasteiger partial charge on any atom is -0.298 e. The van der Waals surface area contributed by atoms with Crippen molar-refractivity contribution < 1.29 is 4.79 Å². The predicted octanol–water partition coefficient (Wildman–Crippen LogP) is 4.59. The second-order valence-electron chi connectivity index (χ2n) is 4.73. The maximum atomic E-state index is 11.4. The smallest absolute Gasteiger partial charge is 0.146 e. The lowest BCUT2D eigenvalue weighted by Crippen LogP contribution is -2.17. The Morgan fingerprint density at radius 2 is 1.68 bits per heavy atom. The minimum atomic E-state index is 0.251. The zero-order valence-corrected chi connectivity index (χ0v) is 11.9. The zero-order chi connectivity index (χ0) is 13.2. The lowest BCUT2D eigenvalue weighted by molar-refractivity contribution is -0.105. The van der Waals surface area contributed by atoms with E-state index in [2.05, 4.69) is 40.2 Å². The Kier molecular flexibility index (Phi) is 3.34. The number of benzene rings is 2. The van der Waals surface area contributed by atoms with Crippen molar-refractivity contribution in [3.63, 3.8) is 0 Å². The van der Waals surface area contributed by atoms with E-state index in [-0.39, 0.29) is 5.92 Å². The van der Waals surface area contributed by atoms with E-state index in [1.807, 2.05) is 30.3 Å². The molecule has 1 aliphatic rings. The molecule has 2 aromatic rings. The van der Waals surface area contributed by atoms with Gasteiger partial charge in [-0.1, -0.05) is 58.4 Å². The number of carbonyl (C=O) groups is 1. The molecule has 3 rings (SSSR count). The van der Waals surface area contributed by atoms with Gasteiger partial charge in [-0.3, -0.25) is 4.79 Å². The van der Waals surface area contributed by atoms with Gasteiger partial charge in [-0.05, 0) is 35.3 Å². The van der Waals surface area contributed by atoms with E-state index < -0.39 is 0 Å². The molecule has 0 aromatic heterocycles. The lowest BCUT2D eigenvalue weighted by atomic mass is 9.72. The van der Waals surface area contributed by atoms with E-state index in [0.717, 1.165) is 28.3 Å². The topological polar surface area (TPSA) is 17.1 Å². The minimum absolute atomic E-state index is 0.251. The highest BCUT2D eigenvalue weighted by atomic mass is 79.9. The van der Waals surface area contributed by atoms with Crippen LogP contribution in [0.5, 0.6) is 0 Å². The third-order valence-electron chi connectivity index (χ3n) is 3.65. The van der Waals surface area contributed by atoms with Crippen LogP contribution in [-0.2, 0) is 4.79 Å². The summed E-state index contributed by atoms with van der Waals surface area (Å²) in [5.74, 6) is 0.251. The molecule has 2 heteroatoms. The molecule has 0 radical (unpaired) electrons. The van der Waals surface area contributed by atoms with Crippen molar-refractivity contribution in [2.24, 2.45) is 0 Å². The Morgan fingerprint density at radius 1 is 1.00 bits per heavy atom. The molecule has 0 aliphatic heterocycles.